The van der Waals surface area contributed by atoms with Gasteiger partial charge in [0.1, 0.15) is 66.6 Å². The second-order valence-electron chi connectivity index (χ2n) is 9.87. The number of nitrogens with zero attached hydrogens (tertiary/aromatic N) is 1. The topological polar surface area (TPSA) is 371 Å². The Morgan fingerprint density at radius 3 is 2.05 bits per heavy atom. The number of ether oxygens (including phenoxy) is 4. The highest BCUT2D eigenvalue weighted by atomic mass is 16.8. The van der Waals surface area contributed by atoms with Crippen molar-refractivity contribution >= 4 is 11.9 Å². The Bertz CT molecular complexity index is 901. The van der Waals surface area contributed by atoms with Gasteiger partial charge in [-0.25, -0.2) is 4.99 Å². The molecule has 19 N–H and O–H groups in total. The van der Waals surface area contributed by atoms with Crippen molar-refractivity contribution in [3.05, 3.63) is 0 Å². The Hall–Kier alpha value is -2.02. The van der Waals surface area contributed by atoms with Gasteiger partial charge in [0.05, 0.1) is 31.9 Å². The zero-order valence-corrected chi connectivity index (χ0v) is 21.1. The Morgan fingerprint density at radius 2 is 1.52 bits per heavy atom. The molecular weight excluding hydrogens is 546 g/mol. The summed E-state index contributed by atoms with van der Waals surface area (Å²) in [6, 6.07) is -4.43. The molecule has 0 aromatic carbocycles. The molecule has 15 atom stereocenters. The van der Waals surface area contributed by atoms with Crippen LogP contribution < -0.4 is 28.3 Å². The molecule has 1 saturated carbocycles. The van der Waals surface area contributed by atoms with Crippen LogP contribution in [0.25, 0.3) is 0 Å². The smallest absolute Gasteiger partial charge is 0.188 e. The number of guanidine groups is 2. The highest BCUT2D eigenvalue weighted by Crippen LogP contribution is 2.38. The molecule has 3 aliphatic rings. The second kappa shape index (κ2) is 12.9. The first-order chi connectivity index (χ1) is 18.7. The van der Waals surface area contributed by atoms with Crippen molar-refractivity contribution in [3.63, 3.8) is 0 Å². The summed E-state index contributed by atoms with van der Waals surface area (Å²) in [7, 11) is 0. The van der Waals surface area contributed by atoms with Gasteiger partial charge in [-0.05, 0) is 0 Å². The fourth-order valence-electron chi connectivity index (χ4n) is 5.03. The highest BCUT2D eigenvalue weighted by molar-refractivity contribution is 5.76. The zero-order chi connectivity index (χ0) is 30.1. The SMILES string of the molecule is N=C(N)N[C@H]1[C@H](O)[C@@H](N=C(N)N)[C@H](O)[C@@H](O)[C@@H]1O[C@@H]1O[C@@H](CO)[C@](O)(CO)[C@H]1O[C@@H]1O[C@@H](CO)[C@H](O)[C@@H](O)[C@@H]1N. The van der Waals surface area contributed by atoms with Crippen LogP contribution in [0.5, 0.6) is 0 Å². The summed E-state index contributed by atoms with van der Waals surface area (Å²) < 4.78 is 22.5. The molecule has 20 heteroatoms. The maximum absolute atomic E-state index is 11.2. The molecule has 0 bridgehead atoms. The van der Waals surface area contributed by atoms with Crippen molar-refractivity contribution in [1.82, 2.24) is 5.32 Å². The second-order valence-corrected chi connectivity index (χ2v) is 9.87. The number of nitrogens with one attached hydrogen (secondary N) is 2. The molecule has 0 unspecified atom stereocenters. The van der Waals surface area contributed by atoms with Gasteiger partial charge in [-0.1, -0.05) is 0 Å². The molecule has 0 radical (unpaired) electrons. The largest absolute Gasteiger partial charge is 0.394 e. The lowest BCUT2D eigenvalue weighted by molar-refractivity contribution is -0.315. The summed E-state index contributed by atoms with van der Waals surface area (Å²) >= 11 is 0. The standard InChI is InChI=1S/C20H39N7O13/c21-6-10(32)9(31)4(1-28)37-16(6)40-15-17(38-5(2-29)20(15,36)3-30)39-14-8(27-19(24)25)11(33)7(26-18(22)23)12(34)13(14)35/h4-17,28-36H,1-3,21H2,(H4,22,23,26)(H4,24,25,27)/t4-,5-,6-,7+,8-,9-,10-,11+,12-,13+,14+,15-,16-,17-,20+/m0/s1. The zero-order valence-electron chi connectivity index (χ0n) is 21.1. The Balaban J connectivity index is 1.95. The number of hydrogen-bond donors (Lipinski definition) is 15. The van der Waals surface area contributed by atoms with Gasteiger partial charge in [0.15, 0.2) is 24.5 Å². The quantitative estimate of drug-likeness (QED) is 0.0881. The van der Waals surface area contributed by atoms with E-state index >= 15 is 0 Å². The number of hydrogen-bond acceptors (Lipinski definition) is 16. The first-order valence-electron chi connectivity index (χ1n) is 12.2. The number of aliphatic hydroxyl groups is 9. The molecule has 20 nitrogen and oxygen atoms in total. The molecule has 0 aromatic rings. The average Bonchev–Trinajstić information content (AvgIpc) is 3.17. The van der Waals surface area contributed by atoms with Gasteiger partial charge in [-0.15, -0.1) is 0 Å². The van der Waals surface area contributed by atoms with Gasteiger partial charge in [0.2, 0.25) is 0 Å². The maximum Gasteiger partial charge on any atom is 0.188 e. The summed E-state index contributed by atoms with van der Waals surface area (Å²) in [6.07, 6.45) is -18.6. The van der Waals surface area contributed by atoms with E-state index in [2.05, 4.69) is 10.3 Å². The number of nitrogens with two attached hydrogens (primary N) is 4. The predicted octanol–water partition coefficient (Wildman–Crippen LogP) is -9.45. The first kappa shape index (κ1) is 32.5. The van der Waals surface area contributed by atoms with E-state index < -0.39 is 123 Å². The van der Waals surface area contributed by atoms with Crippen LogP contribution in [0.15, 0.2) is 4.99 Å². The number of aliphatic imine (C=N–C) groups is 1. The van der Waals surface area contributed by atoms with Crippen LogP contribution in [0.3, 0.4) is 0 Å². The van der Waals surface area contributed by atoms with Gasteiger partial charge in [-0.3, -0.25) is 5.41 Å². The van der Waals surface area contributed by atoms with E-state index in [1.54, 1.807) is 0 Å². The predicted molar refractivity (Wildman–Crippen MR) is 130 cm³/mol. The molecule has 1 aliphatic carbocycles. The van der Waals surface area contributed by atoms with Crippen molar-refractivity contribution in [3.8, 4) is 0 Å². The van der Waals surface area contributed by atoms with E-state index in [0.717, 1.165) is 0 Å². The monoisotopic (exact) mass is 585 g/mol. The summed E-state index contributed by atoms with van der Waals surface area (Å²) in [5.41, 5.74) is 19.7. The molecule has 2 aliphatic heterocycles. The molecule has 40 heavy (non-hydrogen) atoms. The van der Waals surface area contributed by atoms with Crippen molar-refractivity contribution < 1.29 is 64.9 Å². The minimum absolute atomic E-state index is 0.528. The van der Waals surface area contributed by atoms with Gasteiger partial charge >= 0.3 is 0 Å². The Kier molecular flexibility index (Phi) is 10.5. The third kappa shape index (κ3) is 6.10. The van der Waals surface area contributed by atoms with Gasteiger partial charge < -0.3 is 93.2 Å². The van der Waals surface area contributed by atoms with Crippen molar-refractivity contribution in [1.29, 1.82) is 5.41 Å². The van der Waals surface area contributed by atoms with Crippen molar-refractivity contribution in [2.75, 3.05) is 19.8 Å². The molecule has 0 spiro atoms. The molecule has 3 rings (SSSR count). The van der Waals surface area contributed by atoms with Crippen LogP contribution in [0.4, 0.5) is 0 Å². The van der Waals surface area contributed by atoms with E-state index in [9.17, 15) is 46.0 Å². The van der Waals surface area contributed by atoms with E-state index in [1.165, 1.54) is 0 Å². The molecular formula is C20H39N7O13. The Labute approximate surface area is 227 Å². The van der Waals surface area contributed by atoms with Crippen molar-refractivity contribution in [2.24, 2.45) is 27.9 Å². The van der Waals surface area contributed by atoms with Crippen LogP contribution in [0.2, 0.25) is 0 Å². The van der Waals surface area contributed by atoms with Crippen LogP contribution in [0.1, 0.15) is 0 Å². The molecule has 0 aromatic heterocycles. The van der Waals surface area contributed by atoms with E-state index in [0.29, 0.717) is 0 Å². The van der Waals surface area contributed by atoms with Crippen LogP contribution in [-0.4, -0.2) is 169 Å². The Morgan fingerprint density at radius 1 is 0.875 bits per heavy atom. The lowest BCUT2D eigenvalue weighted by Gasteiger charge is -2.46. The molecule has 0 amide bonds. The molecule has 2 saturated heterocycles. The summed E-state index contributed by atoms with van der Waals surface area (Å²) in [5.74, 6) is -1.21. The number of aliphatic hydroxyl groups excluding tert-OH is 8. The maximum atomic E-state index is 11.2. The van der Waals surface area contributed by atoms with Crippen molar-refractivity contribution in [2.45, 2.75) is 91.2 Å². The third-order valence-electron chi connectivity index (χ3n) is 7.24. The first-order valence-corrected chi connectivity index (χ1v) is 12.2. The van der Waals surface area contributed by atoms with Gasteiger partial charge in [-0.2, -0.15) is 0 Å². The molecule has 2 heterocycles. The minimum atomic E-state index is -2.42. The van der Waals surface area contributed by atoms with E-state index in [1.807, 2.05) is 0 Å². The van der Waals surface area contributed by atoms with Gasteiger partial charge in [0.25, 0.3) is 0 Å². The van der Waals surface area contributed by atoms with Crippen LogP contribution in [0, 0.1) is 5.41 Å². The average molecular weight is 586 g/mol. The lowest BCUT2D eigenvalue weighted by Crippen LogP contribution is -2.70. The van der Waals surface area contributed by atoms with Crippen LogP contribution >= 0.6 is 0 Å². The summed E-state index contributed by atoms with van der Waals surface area (Å²) in [6.45, 7) is -2.72. The van der Waals surface area contributed by atoms with E-state index in [4.69, 9.17) is 47.3 Å². The number of rotatable bonds is 9. The minimum Gasteiger partial charge on any atom is -0.394 e. The van der Waals surface area contributed by atoms with Crippen LogP contribution in [-0.2, 0) is 18.9 Å². The molecule has 232 valence electrons. The third-order valence-corrected chi connectivity index (χ3v) is 7.24. The summed E-state index contributed by atoms with van der Waals surface area (Å²) in [4.78, 5) is 3.71. The normalized spacial score (nSPS) is 47.5. The van der Waals surface area contributed by atoms with Gasteiger partial charge in [0, 0.05) is 0 Å². The highest BCUT2D eigenvalue weighted by Gasteiger charge is 2.61. The van der Waals surface area contributed by atoms with E-state index in [-0.39, 0.29) is 0 Å². The lowest BCUT2D eigenvalue weighted by atomic mass is 9.81. The fourth-order valence-corrected chi connectivity index (χ4v) is 5.03. The molecule has 3 fully saturated rings. The summed E-state index contributed by atoms with van der Waals surface area (Å²) in [5, 5.41) is 103. The fraction of sp³-hybridized carbons (Fsp3) is 0.900.